The summed E-state index contributed by atoms with van der Waals surface area (Å²) < 4.78 is 30.7. The van der Waals surface area contributed by atoms with Gasteiger partial charge in [0, 0.05) is 57.6 Å². The van der Waals surface area contributed by atoms with E-state index in [1.165, 1.54) is 26.2 Å². The molecule has 0 aromatic heterocycles. The van der Waals surface area contributed by atoms with Crippen LogP contribution in [0.15, 0.2) is 53.4 Å². The Morgan fingerprint density at radius 3 is 2.21 bits per heavy atom. The number of sulfonamides is 1. The predicted octanol–water partition coefficient (Wildman–Crippen LogP) is 1.91. The predicted molar refractivity (Wildman–Crippen MR) is 108 cm³/mol. The second-order valence-electron chi connectivity index (χ2n) is 6.79. The number of hydrogen-bond donors (Lipinski definition) is 0. The van der Waals surface area contributed by atoms with Crippen LogP contribution in [-0.2, 0) is 10.0 Å². The van der Waals surface area contributed by atoms with Gasteiger partial charge in [0.15, 0.2) is 0 Å². The van der Waals surface area contributed by atoms with E-state index < -0.39 is 10.0 Å². The van der Waals surface area contributed by atoms with Crippen molar-refractivity contribution in [3.8, 4) is 5.75 Å². The van der Waals surface area contributed by atoms with Crippen molar-refractivity contribution in [1.29, 1.82) is 0 Å². The second-order valence-corrected chi connectivity index (χ2v) is 8.94. The van der Waals surface area contributed by atoms with Crippen molar-refractivity contribution in [3.05, 3.63) is 54.1 Å². The molecule has 7 nitrogen and oxygen atoms in total. The summed E-state index contributed by atoms with van der Waals surface area (Å²) in [6.07, 6.45) is 0. The molecule has 0 aliphatic carbocycles. The number of benzene rings is 2. The zero-order valence-electron chi connectivity index (χ0n) is 16.3. The molecule has 1 aliphatic rings. The normalized spacial score (nSPS) is 15.0. The highest BCUT2D eigenvalue weighted by Gasteiger charge is 2.23. The van der Waals surface area contributed by atoms with Gasteiger partial charge in [-0.3, -0.25) is 4.79 Å². The van der Waals surface area contributed by atoms with Gasteiger partial charge in [0.25, 0.3) is 5.91 Å². The molecule has 1 aliphatic heterocycles. The Kier molecular flexibility index (Phi) is 5.90. The second kappa shape index (κ2) is 8.20. The molecule has 150 valence electrons. The molecule has 0 bridgehead atoms. The third kappa shape index (κ3) is 4.13. The first kappa shape index (κ1) is 20.2. The van der Waals surface area contributed by atoms with Gasteiger partial charge in [0.05, 0.1) is 12.0 Å². The first-order chi connectivity index (χ1) is 13.3. The zero-order valence-corrected chi connectivity index (χ0v) is 17.1. The third-order valence-corrected chi connectivity index (χ3v) is 6.69. The molecule has 28 heavy (non-hydrogen) atoms. The molecular formula is C20H25N3O4S. The monoisotopic (exact) mass is 403 g/mol. The molecule has 0 unspecified atom stereocenters. The van der Waals surface area contributed by atoms with Crippen LogP contribution in [0.25, 0.3) is 0 Å². The molecule has 0 N–H and O–H groups in total. The molecule has 2 aromatic carbocycles. The molecule has 8 heteroatoms. The van der Waals surface area contributed by atoms with Gasteiger partial charge in [-0.1, -0.05) is 6.07 Å². The number of rotatable bonds is 5. The zero-order chi connectivity index (χ0) is 20.3. The van der Waals surface area contributed by atoms with Crippen LogP contribution >= 0.6 is 0 Å². The Balaban J connectivity index is 1.65. The molecule has 0 radical (unpaired) electrons. The maximum absolute atomic E-state index is 12.8. The van der Waals surface area contributed by atoms with Crippen LogP contribution in [0.5, 0.6) is 5.75 Å². The van der Waals surface area contributed by atoms with Gasteiger partial charge in [-0.05, 0) is 36.4 Å². The third-order valence-electron chi connectivity index (χ3n) is 4.87. The van der Waals surface area contributed by atoms with Crippen molar-refractivity contribution in [1.82, 2.24) is 9.21 Å². The number of piperazine rings is 1. The average molecular weight is 404 g/mol. The Labute approximate surface area is 166 Å². The lowest BCUT2D eigenvalue weighted by atomic mass is 10.1. The van der Waals surface area contributed by atoms with Crippen LogP contribution in [-0.4, -0.2) is 70.9 Å². The summed E-state index contributed by atoms with van der Waals surface area (Å²) in [6, 6.07) is 14.0. The fraction of sp³-hybridized carbons (Fsp3) is 0.350. The summed E-state index contributed by atoms with van der Waals surface area (Å²) in [7, 11) is 1.11. The van der Waals surface area contributed by atoms with Gasteiger partial charge in [-0.25, -0.2) is 12.7 Å². The minimum absolute atomic E-state index is 0.0842. The Morgan fingerprint density at radius 1 is 1.00 bits per heavy atom. The topological polar surface area (TPSA) is 70.2 Å². The first-order valence-corrected chi connectivity index (χ1v) is 10.5. The minimum Gasteiger partial charge on any atom is -0.497 e. The summed E-state index contributed by atoms with van der Waals surface area (Å²) in [5.41, 5.74) is 1.57. The minimum atomic E-state index is -3.50. The number of hydrogen-bond acceptors (Lipinski definition) is 5. The van der Waals surface area contributed by atoms with E-state index in [-0.39, 0.29) is 10.8 Å². The van der Waals surface area contributed by atoms with Crippen molar-refractivity contribution in [2.45, 2.75) is 4.90 Å². The van der Waals surface area contributed by atoms with Gasteiger partial charge < -0.3 is 14.5 Å². The van der Waals surface area contributed by atoms with Crippen LogP contribution in [0, 0.1) is 0 Å². The quantitative estimate of drug-likeness (QED) is 0.763. The number of anilines is 1. The number of nitrogens with zero attached hydrogens (tertiary/aromatic N) is 3. The summed E-state index contributed by atoms with van der Waals surface area (Å²) in [4.78, 5) is 17.0. The van der Waals surface area contributed by atoms with Crippen molar-refractivity contribution in [2.24, 2.45) is 0 Å². The van der Waals surface area contributed by atoms with E-state index in [4.69, 9.17) is 4.74 Å². The van der Waals surface area contributed by atoms with Gasteiger partial charge in [0.1, 0.15) is 5.75 Å². The van der Waals surface area contributed by atoms with E-state index >= 15 is 0 Å². The summed E-state index contributed by atoms with van der Waals surface area (Å²) >= 11 is 0. The number of amides is 1. The molecule has 1 heterocycles. The molecule has 2 aromatic rings. The summed E-state index contributed by atoms with van der Waals surface area (Å²) in [6.45, 7) is 2.67. The average Bonchev–Trinajstić information content (AvgIpc) is 2.73. The van der Waals surface area contributed by atoms with Crippen LogP contribution in [0.2, 0.25) is 0 Å². The fourth-order valence-electron chi connectivity index (χ4n) is 3.14. The van der Waals surface area contributed by atoms with Crippen molar-refractivity contribution in [2.75, 3.05) is 52.3 Å². The van der Waals surface area contributed by atoms with Gasteiger partial charge in [-0.15, -0.1) is 0 Å². The Morgan fingerprint density at radius 2 is 1.64 bits per heavy atom. The fourth-order valence-corrected chi connectivity index (χ4v) is 4.04. The Hall–Kier alpha value is -2.58. The lowest BCUT2D eigenvalue weighted by Crippen LogP contribution is -2.48. The molecule has 3 rings (SSSR count). The Bertz CT molecular complexity index is 934. The van der Waals surface area contributed by atoms with Gasteiger partial charge in [0.2, 0.25) is 10.0 Å². The van der Waals surface area contributed by atoms with E-state index in [0.717, 1.165) is 28.8 Å². The SMILES string of the molecule is COc1cccc(N2CCN(C(=O)c3ccc(S(=O)(=O)N(C)C)cc3)CC2)c1. The number of methoxy groups -OCH3 is 1. The highest BCUT2D eigenvalue weighted by atomic mass is 32.2. The van der Waals surface area contributed by atoms with Crippen molar-refractivity contribution in [3.63, 3.8) is 0 Å². The summed E-state index contributed by atoms with van der Waals surface area (Å²) in [5.74, 6) is 0.725. The first-order valence-electron chi connectivity index (χ1n) is 9.04. The van der Waals surface area contributed by atoms with Crippen molar-refractivity contribution >= 4 is 21.6 Å². The molecule has 1 saturated heterocycles. The van der Waals surface area contributed by atoms with Crippen LogP contribution < -0.4 is 9.64 Å². The smallest absolute Gasteiger partial charge is 0.253 e. The van der Waals surface area contributed by atoms with Crippen molar-refractivity contribution < 1.29 is 17.9 Å². The van der Waals surface area contributed by atoms with E-state index in [9.17, 15) is 13.2 Å². The van der Waals surface area contributed by atoms with Crippen LogP contribution in [0.1, 0.15) is 10.4 Å². The standard InChI is InChI=1S/C20H25N3O4S/c1-21(2)28(25,26)19-9-7-16(8-10-19)20(24)23-13-11-22(12-14-23)17-5-4-6-18(15-17)27-3/h4-10,15H,11-14H2,1-3H3. The lowest BCUT2D eigenvalue weighted by Gasteiger charge is -2.36. The van der Waals surface area contributed by atoms with Crippen LogP contribution in [0.3, 0.4) is 0 Å². The number of ether oxygens (including phenoxy) is 1. The maximum Gasteiger partial charge on any atom is 0.253 e. The van der Waals surface area contributed by atoms with E-state index in [2.05, 4.69) is 4.90 Å². The van der Waals surface area contributed by atoms with Gasteiger partial charge in [-0.2, -0.15) is 0 Å². The maximum atomic E-state index is 12.8. The molecule has 0 atom stereocenters. The molecule has 0 spiro atoms. The summed E-state index contributed by atoms with van der Waals surface area (Å²) in [5, 5.41) is 0. The van der Waals surface area contributed by atoms with Crippen LogP contribution in [0.4, 0.5) is 5.69 Å². The molecule has 1 fully saturated rings. The number of carbonyl (C=O) groups is 1. The highest BCUT2D eigenvalue weighted by molar-refractivity contribution is 7.89. The van der Waals surface area contributed by atoms with E-state index in [0.29, 0.717) is 18.7 Å². The van der Waals surface area contributed by atoms with E-state index in [1.54, 1.807) is 24.1 Å². The molecule has 1 amide bonds. The molecule has 0 saturated carbocycles. The van der Waals surface area contributed by atoms with E-state index in [1.807, 2.05) is 24.3 Å². The largest absolute Gasteiger partial charge is 0.497 e. The number of carbonyl (C=O) groups excluding carboxylic acids is 1. The lowest BCUT2D eigenvalue weighted by molar-refractivity contribution is 0.0746. The molecular weight excluding hydrogens is 378 g/mol. The highest BCUT2D eigenvalue weighted by Crippen LogP contribution is 2.23. The van der Waals surface area contributed by atoms with Gasteiger partial charge >= 0.3 is 0 Å².